The number of hydrogen-bond donors (Lipinski definition) is 5. The number of esters is 1. The van der Waals surface area contributed by atoms with Gasteiger partial charge in [-0.3, -0.25) is 19.2 Å². The Morgan fingerprint density at radius 3 is 2.05 bits per heavy atom. The van der Waals surface area contributed by atoms with E-state index in [-0.39, 0.29) is 55.5 Å². The molecular formula is C30H47N5O7. The minimum Gasteiger partial charge on any atom is -0.461 e. The molecule has 5 amide bonds. The maximum absolute atomic E-state index is 13.3. The summed E-state index contributed by atoms with van der Waals surface area (Å²) >= 11 is 0. The summed E-state index contributed by atoms with van der Waals surface area (Å²) in [5, 5.41) is 10.7. The monoisotopic (exact) mass is 589 g/mol. The number of urea groups is 1. The van der Waals surface area contributed by atoms with Crippen LogP contribution in [0.5, 0.6) is 0 Å². The molecule has 0 spiro atoms. The second-order valence-electron chi connectivity index (χ2n) is 11.0. The molecule has 0 fully saturated rings. The Hall–Kier alpha value is -3.96. The zero-order chi connectivity index (χ0) is 31.8. The van der Waals surface area contributed by atoms with Crippen LogP contribution in [0.25, 0.3) is 0 Å². The van der Waals surface area contributed by atoms with E-state index in [9.17, 15) is 28.8 Å². The lowest BCUT2D eigenvalue weighted by Crippen LogP contribution is -2.55. The Balaban J connectivity index is 2.93. The summed E-state index contributed by atoms with van der Waals surface area (Å²) in [5.41, 5.74) is 6.34. The number of benzene rings is 1. The van der Waals surface area contributed by atoms with Crippen LogP contribution in [0.4, 0.5) is 10.5 Å². The van der Waals surface area contributed by atoms with Gasteiger partial charge in [0.05, 0.1) is 5.92 Å². The van der Waals surface area contributed by atoms with Crippen molar-refractivity contribution in [3.05, 3.63) is 29.8 Å². The average molecular weight is 590 g/mol. The molecule has 42 heavy (non-hydrogen) atoms. The number of primary amides is 1. The van der Waals surface area contributed by atoms with E-state index in [0.29, 0.717) is 24.9 Å². The summed E-state index contributed by atoms with van der Waals surface area (Å²) in [6, 6.07) is 4.19. The summed E-state index contributed by atoms with van der Waals surface area (Å²) in [6.07, 6.45) is 1.85. The number of hydrogen-bond acceptors (Lipinski definition) is 7. The minimum atomic E-state index is -0.975. The Bertz CT molecular complexity index is 1070. The van der Waals surface area contributed by atoms with Crippen molar-refractivity contribution in [2.45, 2.75) is 92.3 Å². The maximum atomic E-state index is 13.3. The van der Waals surface area contributed by atoms with Crippen LogP contribution in [0.15, 0.2) is 24.3 Å². The zero-order valence-electron chi connectivity index (χ0n) is 25.6. The summed E-state index contributed by atoms with van der Waals surface area (Å²) in [5.74, 6) is -2.60. The van der Waals surface area contributed by atoms with Crippen LogP contribution >= 0.6 is 0 Å². The number of carbonyl (C=O) groups is 6. The molecule has 12 heteroatoms. The van der Waals surface area contributed by atoms with Gasteiger partial charge in [-0.2, -0.15) is 0 Å². The number of ketones is 1. The van der Waals surface area contributed by atoms with Crippen LogP contribution in [0.2, 0.25) is 0 Å². The van der Waals surface area contributed by atoms with E-state index >= 15 is 0 Å². The van der Waals surface area contributed by atoms with Crippen molar-refractivity contribution in [2.24, 2.45) is 23.5 Å². The molecule has 12 nitrogen and oxygen atoms in total. The molecule has 4 atom stereocenters. The van der Waals surface area contributed by atoms with E-state index in [1.807, 2.05) is 6.92 Å². The standard InChI is InChI=1S/C30H47N5O7/c1-7-19(4)29(40)42-17-22-12-14-23(15-13-22)33-27(38)24(9-8-16-32-30(31)41)34-28(39)25(18(2)3)35-26(37)20(5)10-11-21(6)36/h12-15,18-20,24-25H,7-11,16-17H2,1-6H3,(H,33,38)(H,34,39)(H,35,37)(H3,31,32,41)/t19-,20?,24-,25-/m0/s1. The zero-order valence-corrected chi connectivity index (χ0v) is 25.6. The van der Waals surface area contributed by atoms with Gasteiger partial charge < -0.3 is 36.5 Å². The Kier molecular flexibility index (Phi) is 15.9. The Morgan fingerprint density at radius 1 is 0.857 bits per heavy atom. The molecular weight excluding hydrogens is 542 g/mol. The van der Waals surface area contributed by atoms with Crippen LogP contribution < -0.4 is 27.0 Å². The quantitative estimate of drug-likeness (QED) is 0.129. The molecule has 0 bridgehead atoms. The van der Waals surface area contributed by atoms with Gasteiger partial charge in [0.2, 0.25) is 17.7 Å². The van der Waals surface area contributed by atoms with Gasteiger partial charge in [0.1, 0.15) is 24.5 Å². The molecule has 0 radical (unpaired) electrons. The van der Waals surface area contributed by atoms with Crippen LogP contribution in [0, 0.1) is 17.8 Å². The van der Waals surface area contributed by atoms with Gasteiger partial charge >= 0.3 is 12.0 Å². The van der Waals surface area contributed by atoms with Crippen LogP contribution in [-0.4, -0.2) is 54.1 Å². The smallest absolute Gasteiger partial charge is 0.312 e. The summed E-state index contributed by atoms with van der Waals surface area (Å²) in [4.78, 5) is 73.5. The molecule has 6 N–H and O–H groups in total. The lowest BCUT2D eigenvalue weighted by Gasteiger charge is -2.26. The molecule has 0 aliphatic heterocycles. The molecule has 1 rings (SSSR count). The molecule has 0 aliphatic carbocycles. The highest BCUT2D eigenvalue weighted by molar-refractivity contribution is 5.98. The van der Waals surface area contributed by atoms with Crippen LogP contribution in [0.1, 0.15) is 79.2 Å². The van der Waals surface area contributed by atoms with Gasteiger partial charge in [0.15, 0.2) is 0 Å². The third-order valence-corrected chi connectivity index (χ3v) is 6.84. The van der Waals surface area contributed by atoms with Gasteiger partial charge in [-0.25, -0.2) is 4.79 Å². The number of nitrogens with one attached hydrogen (secondary N) is 4. The molecule has 0 aromatic heterocycles. The summed E-state index contributed by atoms with van der Waals surface area (Å²) < 4.78 is 5.31. The first-order chi connectivity index (χ1) is 19.7. The lowest BCUT2D eigenvalue weighted by molar-refractivity contribution is -0.149. The van der Waals surface area contributed by atoms with Crippen molar-refractivity contribution >= 4 is 41.2 Å². The van der Waals surface area contributed by atoms with E-state index in [1.165, 1.54) is 6.92 Å². The summed E-state index contributed by atoms with van der Waals surface area (Å²) in [6.45, 7) is 10.7. The third-order valence-electron chi connectivity index (χ3n) is 6.84. The van der Waals surface area contributed by atoms with Crippen molar-refractivity contribution in [2.75, 3.05) is 11.9 Å². The highest BCUT2D eigenvalue weighted by Crippen LogP contribution is 2.14. The molecule has 1 aromatic carbocycles. The fraction of sp³-hybridized carbons (Fsp3) is 0.600. The van der Waals surface area contributed by atoms with E-state index < -0.39 is 35.8 Å². The normalized spacial score (nSPS) is 13.7. The van der Waals surface area contributed by atoms with E-state index in [1.54, 1.807) is 52.0 Å². The fourth-order valence-electron chi connectivity index (χ4n) is 3.81. The second kappa shape index (κ2) is 18.5. The number of carbonyl (C=O) groups excluding carboxylic acids is 6. The van der Waals surface area contributed by atoms with E-state index in [0.717, 1.165) is 5.56 Å². The fourth-order valence-corrected chi connectivity index (χ4v) is 3.81. The minimum absolute atomic E-state index is 0.0211. The molecule has 1 unspecified atom stereocenters. The number of amides is 5. The molecule has 0 heterocycles. The van der Waals surface area contributed by atoms with Gasteiger partial charge in [0, 0.05) is 24.6 Å². The van der Waals surface area contributed by atoms with Crippen molar-refractivity contribution in [3.63, 3.8) is 0 Å². The molecule has 1 aromatic rings. The van der Waals surface area contributed by atoms with Gasteiger partial charge in [0.25, 0.3) is 0 Å². The van der Waals surface area contributed by atoms with Gasteiger partial charge in [-0.05, 0) is 56.2 Å². The number of anilines is 1. The first-order valence-electron chi connectivity index (χ1n) is 14.4. The van der Waals surface area contributed by atoms with Crippen LogP contribution in [-0.2, 0) is 35.3 Å². The first-order valence-corrected chi connectivity index (χ1v) is 14.4. The number of ether oxygens (including phenoxy) is 1. The summed E-state index contributed by atoms with van der Waals surface area (Å²) in [7, 11) is 0. The molecule has 0 saturated carbocycles. The first kappa shape index (κ1) is 36.1. The molecule has 234 valence electrons. The van der Waals surface area contributed by atoms with Crippen molar-refractivity contribution in [1.82, 2.24) is 16.0 Å². The third kappa shape index (κ3) is 13.6. The maximum Gasteiger partial charge on any atom is 0.312 e. The van der Waals surface area contributed by atoms with Crippen molar-refractivity contribution in [3.8, 4) is 0 Å². The van der Waals surface area contributed by atoms with Crippen LogP contribution in [0.3, 0.4) is 0 Å². The highest BCUT2D eigenvalue weighted by atomic mass is 16.5. The largest absolute Gasteiger partial charge is 0.461 e. The van der Waals surface area contributed by atoms with Crippen molar-refractivity contribution < 1.29 is 33.5 Å². The topological polar surface area (TPSA) is 186 Å². The predicted molar refractivity (Wildman–Crippen MR) is 159 cm³/mol. The lowest BCUT2D eigenvalue weighted by atomic mass is 9.99. The highest BCUT2D eigenvalue weighted by Gasteiger charge is 2.30. The van der Waals surface area contributed by atoms with Gasteiger partial charge in [-0.15, -0.1) is 0 Å². The van der Waals surface area contributed by atoms with E-state index in [2.05, 4.69) is 21.3 Å². The Morgan fingerprint density at radius 2 is 1.50 bits per heavy atom. The SMILES string of the molecule is CC[C@H](C)C(=O)OCc1ccc(NC(=O)[C@H](CCCNC(N)=O)NC(=O)[C@@H](NC(=O)C(C)CCC(C)=O)C(C)C)cc1. The van der Waals surface area contributed by atoms with Gasteiger partial charge in [-0.1, -0.05) is 46.8 Å². The predicted octanol–water partition coefficient (Wildman–Crippen LogP) is 2.79. The second-order valence-corrected chi connectivity index (χ2v) is 11.0. The average Bonchev–Trinajstić information content (AvgIpc) is 2.94. The molecule has 0 aliphatic rings. The van der Waals surface area contributed by atoms with E-state index in [4.69, 9.17) is 10.5 Å². The Labute approximate surface area is 248 Å². The van der Waals surface area contributed by atoms with Crippen molar-refractivity contribution in [1.29, 1.82) is 0 Å². The molecule has 0 saturated heterocycles. The number of rotatable bonds is 18. The number of nitrogens with two attached hydrogens (primary N) is 1. The number of Topliss-reactive ketones (excluding diaryl/α,β-unsaturated/α-hetero) is 1.